The fraction of sp³-hybridized carbons (Fsp3) is 0.188. The second kappa shape index (κ2) is 5.85. The molecule has 22 heavy (non-hydrogen) atoms. The molecule has 1 aromatic carbocycles. The van der Waals surface area contributed by atoms with Crippen LogP contribution in [-0.4, -0.2) is 29.0 Å². The number of aromatic nitrogens is 3. The maximum Gasteiger partial charge on any atom is 0.258 e. The number of ether oxygens (including phenoxy) is 1. The summed E-state index contributed by atoms with van der Waals surface area (Å²) in [5, 5.41) is 0.566. The van der Waals surface area contributed by atoms with Crippen LogP contribution in [-0.2, 0) is 6.61 Å². The van der Waals surface area contributed by atoms with Crippen molar-refractivity contribution in [2.24, 2.45) is 0 Å². The first-order valence-corrected chi connectivity index (χ1v) is 6.86. The fourth-order valence-electron chi connectivity index (χ4n) is 2.11. The van der Waals surface area contributed by atoms with E-state index in [1.165, 1.54) is 0 Å². The van der Waals surface area contributed by atoms with Gasteiger partial charge in [0.25, 0.3) is 5.56 Å². The quantitative estimate of drug-likeness (QED) is 0.797. The molecule has 3 rings (SSSR count). The summed E-state index contributed by atoms with van der Waals surface area (Å²) in [6.45, 7) is 0.187. The normalized spacial score (nSPS) is 10.6. The highest BCUT2D eigenvalue weighted by atomic mass is 16.5. The monoisotopic (exact) mass is 296 g/mol. The van der Waals surface area contributed by atoms with Crippen molar-refractivity contribution < 1.29 is 4.74 Å². The van der Waals surface area contributed by atoms with Gasteiger partial charge < -0.3 is 14.6 Å². The van der Waals surface area contributed by atoms with E-state index < -0.39 is 0 Å². The zero-order chi connectivity index (χ0) is 15.5. The molecule has 0 fully saturated rings. The van der Waals surface area contributed by atoms with Crippen LogP contribution >= 0.6 is 0 Å². The lowest BCUT2D eigenvalue weighted by Gasteiger charge is -2.12. The molecule has 0 amide bonds. The predicted molar refractivity (Wildman–Crippen MR) is 85.3 cm³/mol. The van der Waals surface area contributed by atoms with Crippen LogP contribution in [0.25, 0.3) is 10.9 Å². The molecule has 2 heterocycles. The Kier molecular flexibility index (Phi) is 3.74. The van der Waals surface area contributed by atoms with Crippen LogP contribution in [0.15, 0.2) is 47.5 Å². The van der Waals surface area contributed by atoms with E-state index in [2.05, 4.69) is 15.0 Å². The highest BCUT2D eigenvalue weighted by Gasteiger charge is 2.06. The van der Waals surface area contributed by atoms with Crippen molar-refractivity contribution in [3.63, 3.8) is 0 Å². The van der Waals surface area contributed by atoms with Gasteiger partial charge in [-0.05, 0) is 30.3 Å². The highest BCUT2D eigenvalue weighted by Crippen LogP contribution is 2.17. The molecule has 6 nitrogen and oxygen atoms in total. The molecule has 0 saturated carbocycles. The first-order valence-electron chi connectivity index (χ1n) is 6.86. The third kappa shape index (κ3) is 2.90. The number of hydrogen-bond acceptors (Lipinski definition) is 5. The van der Waals surface area contributed by atoms with Crippen molar-refractivity contribution in [2.45, 2.75) is 6.61 Å². The van der Waals surface area contributed by atoms with Crippen molar-refractivity contribution in [3.05, 3.63) is 58.9 Å². The zero-order valence-electron chi connectivity index (χ0n) is 12.4. The minimum atomic E-state index is -0.168. The molecule has 0 aliphatic heterocycles. The molecule has 0 aliphatic rings. The second-order valence-electron chi connectivity index (χ2n) is 5.09. The largest absolute Gasteiger partial charge is 0.484 e. The zero-order valence-corrected chi connectivity index (χ0v) is 12.4. The lowest BCUT2D eigenvalue weighted by molar-refractivity contribution is 0.295. The molecular formula is C16H16N4O2. The number of nitrogens with zero attached hydrogens (tertiary/aromatic N) is 3. The van der Waals surface area contributed by atoms with Crippen molar-refractivity contribution in [1.29, 1.82) is 0 Å². The van der Waals surface area contributed by atoms with E-state index in [1.54, 1.807) is 24.5 Å². The molecule has 1 N–H and O–H groups in total. The van der Waals surface area contributed by atoms with E-state index in [4.69, 9.17) is 4.74 Å². The van der Waals surface area contributed by atoms with Gasteiger partial charge in [0.1, 0.15) is 18.2 Å². The predicted octanol–water partition coefficient (Wildman–Crippen LogP) is 1.96. The minimum Gasteiger partial charge on any atom is -0.484 e. The van der Waals surface area contributed by atoms with Crippen molar-refractivity contribution in [2.75, 3.05) is 19.0 Å². The number of fused-ring (bicyclic) bond motifs is 1. The summed E-state index contributed by atoms with van der Waals surface area (Å²) in [5.74, 6) is 1.12. The second-order valence-corrected chi connectivity index (χ2v) is 5.09. The van der Waals surface area contributed by atoms with Crippen molar-refractivity contribution in [1.82, 2.24) is 15.0 Å². The molecule has 0 bridgehead atoms. The Hall–Kier alpha value is -2.89. The Morgan fingerprint density at radius 2 is 2.14 bits per heavy atom. The number of aromatic amines is 1. The Labute approximate surface area is 127 Å². The Balaban J connectivity index is 1.89. The Morgan fingerprint density at radius 1 is 1.27 bits per heavy atom. The molecule has 6 heteroatoms. The Morgan fingerprint density at radius 3 is 2.86 bits per heavy atom. The highest BCUT2D eigenvalue weighted by molar-refractivity contribution is 5.81. The van der Waals surface area contributed by atoms with Gasteiger partial charge in [-0.1, -0.05) is 0 Å². The summed E-state index contributed by atoms with van der Waals surface area (Å²) in [6.07, 6.45) is 3.29. The van der Waals surface area contributed by atoms with E-state index in [1.807, 2.05) is 37.2 Å². The van der Waals surface area contributed by atoms with Crippen LogP contribution in [0.1, 0.15) is 5.82 Å². The number of hydrogen-bond donors (Lipinski definition) is 1. The van der Waals surface area contributed by atoms with Gasteiger partial charge in [0.15, 0.2) is 0 Å². The standard InChI is InChI=1S/C16H16N4O2/c1-20(2)11-5-6-14-13(8-11)16(21)19-15(18-14)10-22-12-4-3-7-17-9-12/h3-9H,10H2,1-2H3,(H,18,19,21). The van der Waals surface area contributed by atoms with Crippen LogP contribution in [0.5, 0.6) is 5.75 Å². The van der Waals surface area contributed by atoms with Gasteiger partial charge in [-0.15, -0.1) is 0 Å². The average Bonchev–Trinajstić information content (AvgIpc) is 2.53. The smallest absolute Gasteiger partial charge is 0.258 e. The lowest BCUT2D eigenvalue weighted by atomic mass is 10.2. The van der Waals surface area contributed by atoms with Crippen LogP contribution in [0, 0.1) is 0 Å². The van der Waals surface area contributed by atoms with E-state index in [0.717, 1.165) is 5.69 Å². The maximum atomic E-state index is 12.2. The molecule has 0 spiro atoms. The number of rotatable bonds is 4. The van der Waals surface area contributed by atoms with Gasteiger partial charge >= 0.3 is 0 Å². The van der Waals surface area contributed by atoms with Gasteiger partial charge in [-0.3, -0.25) is 9.78 Å². The molecule has 0 atom stereocenters. The lowest BCUT2D eigenvalue weighted by Crippen LogP contribution is -2.15. The Bertz CT molecular complexity index is 844. The first kappa shape index (κ1) is 14.1. The number of pyridine rings is 1. The number of anilines is 1. The third-order valence-corrected chi connectivity index (χ3v) is 3.26. The summed E-state index contributed by atoms with van der Waals surface area (Å²) in [7, 11) is 3.86. The van der Waals surface area contributed by atoms with Gasteiger partial charge in [0, 0.05) is 26.0 Å². The van der Waals surface area contributed by atoms with Gasteiger partial charge in [-0.25, -0.2) is 4.98 Å². The van der Waals surface area contributed by atoms with Crippen LogP contribution < -0.4 is 15.2 Å². The molecule has 3 aromatic rings. The topological polar surface area (TPSA) is 71.1 Å². The van der Waals surface area contributed by atoms with E-state index in [-0.39, 0.29) is 12.2 Å². The van der Waals surface area contributed by atoms with E-state index in [9.17, 15) is 4.79 Å². The third-order valence-electron chi connectivity index (χ3n) is 3.26. The summed E-state index contributed by atoms with van der Waals surface area (Å²) in [4.78, 5) is 25.3. The van der Waals surface area contributed by atoms with Crippen molar-refractivity contribution in [3.8, 4) is 5.75 Å². The first-order chi connectivity index (χ1) is 10.6. The van der Waals surface area contributed by atoms with Crippen LogP contribution in [0.4, 0.5) is 5.69 Å². The molecule has 0 saturated heterocycles. The molecule has 0 radical (unpaired) electrons. The molecular weight excluding hydrogens is 280 g/mol. The van der Waals surface area contributed by atoms with Gasteiger partial charge in [-0.2, -0.15) is 0 Å². The number of nitrogens with one attached hydrogen (secondary N) is 1. The molecule has 2 aromatic heterocycles. The molecule has 0 unspecified atom stereocenters. The fourth-order valence-corrected chi connectivity index (χ4v) is 2.11. The summed E-state index contributed by atoms with van der Waals surface area (Å²) in [6, 6.07) is 9.19. The van der Waals surface area contributed by atoms with Crippen molar-refractivity contribution >= 4 is 16.6 Å². The van der Waals surface area contributed by atoms with Crippen LogP contribution in [0.2, 0.25) is 0 Å². The van der Waals surface area contributed by atoms with Gasteiger partial charge in [0.2, 0.25) is 0 Å². The summed E-state index contributed by atoms with van der Waals surface area (Å²) < 4.78 is 5.55. The number of benzene rings is 1. The summed E-state index contributed by atoms with van der Waals surface area (Å²) >= 11 is 0. The van der Waals surface area contributed by atoms with E-state index in [0.29, 0.717) is 22.5 Å². The average molecular weight is 296 g/mol. The number of H-pyrrole nitrogens is 1. The van der Waals surface area contributed by atoms with Gasteiger partial charge in [0.05, 0.1) is 17.1 Å². The summed E-state index contributed by atoms with van der Waals surface area (Å²) in [5.41, 5.74) is 1.44. The van der Waals surface area contributed by atoms with Crippen LogP contribution in [0.3, 0.4) is 0 Å². The van der Waals surface area contributed by atoms with E-state index >= 15 is 0 Å². The SMILES string of the molecule is CN(C)c1ccc2nc(COc3cccnc3)[nH]c(=O)c2c1. The molecule has 112 valence electrons. The maximum absolute atomic E-state index is 12.2. The molecule has 0 aliphatic carbocycles. The minimum absolute atomic E-state index is 0.168.